The highest BCUT2D eigenvalue weighted by atomic mass is 15.3. The van der Waals surface area contributed by atoms with Gasteiger partial charge in [-0.2, -0.15) is 0 Å². The Morgan fingerprint density at radius 1 is 1.19 bits per heavy atom. The maximum Gasteiger partial charge on any atom is 0.129 e. The van der Waals surface area contributed by atoms with Gasteiger partial charge >= 0.3 is 0 Å². The molecule has 1 aliphatic heterocycles. The maximum absolute atomic E-state index is 4.05. The second-order valence-electron chi connectivity index (χ2n) is 6.76. The lowest BCUT2D eigenvalue weighted by atomic mass is 9.78. The van der Waals surface area contributed by atoms with Crippen LogP contribution in [0.15, 0.2) is 36.7 Å². The quantitative estimate of drug-likeness (QED) is 0.865. The first-order valence-corrected chi connectivity index (χ1v) is 7.68. The third-order valence-electron chi connectivity index (χ3n) is 4.68. The third kappa shape index (κ3) is 3.00. The average molecular weight is 284 g/mol. The van der Waals surface area contributed by atoms with Gasteiger partial charge in [0.25, 0.3) is 0 Å². The fourth-order valence-electron chi connectivity index (χ4n) is 3.45. The summed E-state index contributed by atoms with van der Waals surface area (Å²) in [5, 5.41) is 8.00. The van der Waals surface area contributed by atoms with Crippen molar-refractivity contribution in [3.8, 4) is 0 Å². The molecule has 112 valence electrons. The van der Waals surface area contributed by atoms with Crippen molar-refractivity contribution < 1.29 is 0 Å². The summed E-state index contributed by atoms with van der Waals surface area (Å²) < 4.78 is 2.13. The molecule has 1 atom stereocenters. The molecule has 1 aliphatic rings. The van der Waals surface area contributed by atoms with Crippen LogP contribution in [0, 0.1) is 12.3 Å². The predicted octanol–water partition coefficient (Wildman–Crippen LogP) is 2.71. The van der Waals surface area contributed by atoms with Gasteiger partial charge in [0.1, 0.15) is 12.2 Å². The highest BCUT2D eigenvalue weighted by Gasteiger charge is 2.39. The van der Waals surface area contributed by atoms with Crippen LogP contribution in [0.25, 0.3) is 0 Å². The van der Waals surface area contributed by atoms with Crippen LogP contribution in [0.3, 0.4) is 0 Å². The van der Waals surface area contributed by atoms with Crippen molar-refractivity contribution in [2.75, 3.05) is 19.6 Å². The van der Waals surface area contributed by atoms with Crippen molar-refractivity contribution >= 4 is 0 Å². The molecule has 21 heavy (non-hydrogen) atoms. The van der Waals surface area contributed by atoms with Crippen LogP contribution in [-0.4, -0.2) is 39.3 Å². The van der Waals surface area contributed by atoms with E-state index in [4.69, 9.17) is 0 Å². The van der Waals surface area contributed by atoms with Crippen LogP contribution < -0.4 is 0 Å². The molecule has 1 saturated heterocycles. The molecule has 0 saturated carbocycles. The highest BCUT2D eigenvalue weighted by molar-refractivity contribution is 5.24. The predicted molar refractivity (Wildman–Crippen MR) is 84.2 cm³/mol. The second kappa shape index (κ2) is 5.60. The Bertz CT molecular complexity index is 588. The molecule has 1 aromatic carbocycles. The molecular formula is C17H24N4. The van der Waals surface area contributed by atoms with Gasteiger partial charge in [-0.15, -0.1) is 10.2 Å². The molecule has 0 bridgehead atoms. The van der Waals surface area contributed by atoms with E-state index in [1.54, 1.807) is 0 Å². The van der Waals surface area contributed by atoms with Gasteiger partial charge in [-0.3, -0.25) is 0 Å². The Morgan fingerprint density at radius 3 is 2.62 bits per heavy atom. The standard InChI is InChI=1S/C17H24N4/c1-14-19-18-13-21(14)10-9-20-11-16(17(2,3)12-20)15-7-5-4-6-8-15/h4-8,13,16H,9-12H2,1-3H3/t16-/m1/s1. The number of aryl methyl sites for hydroxylation is 1. The Morgan fingerprint density at radius 2 is 1.95 bits per heavy atom. The molecule has 1 fully saturated rings. The van der Waals surface area contributed by atoms with E-state index in [2.05, 4.69) is 63.8 Å². The van der Waals surface area contributed by atoms with Crippen LogP contribution >= 0.6 is 0 Å². The Labute approximate surface area is 126 Å². The van der Waals surface area contributed by atoms with E-state index in [0.717, 1.165) is 32.0 Å². The van der Waals surface area contributed by atoms with Crippen LogP contribution in [0.2, 0.25) is 0 Å². The van der Waals surface area contributed by atoms with Crippen molar-refractivity contribution in [3.63, 3.8) is 0 Å². The van der Waals surface area contributed by atoms with E-state index >= 15 is 0 Å². The topological polar surface area (TPSA) is 34.0 Å². The van der Waals surface area contributed by atoms with Gasteiger partial charge in [-0.25, -0.2) is 0 Å². The summed E-state index contributed by atoms with van der Waals surface area (Å²) in [5.74, 6) is 1.61. The minimum Gasteiger partial charge on any atom is -0.317 e. The van der Waals surface area contributed by atoms with E-state index < -0.39 is 0 Å². The summed E-state index contributed by atoms with van der Waals surface area (Å²) in [6.07, 6.45) is 1.82. The highest BCUT2D eigenvalue weighted by Crippen LogP contribution is 2.41. The fraction of sp³-hybridized carbons (Fsp3) is 0.529. The van der Waals surface area contributed by atoms with Crippen LogP contribution in [-0.2, 0) is 6.54 Å². The number of rotatable bonds is 4. The molecule has 0 amide bonds. The first kappa shape index (κ1) is 14.3. The van der Waals surface area contributed by atoms with Gasteiger partial charge in [-0.1, -0.05) is 44.2 Å². The van der Waals surface area contributed by atoms with Crippen molar-refractivity contribution in [2.45, 2.75) is 33.2 Å². The first-order valence-electron chi connectivity index (χ1n) is 7.68. The molecule has 0 aliphatic carbocycles. The van der Waals surface area contributed by atoms with Gasteiger partial charge in [0.15, 0.2) is 0 Å². The lowest BCUT2D eigenvalue weighted by Crippen LogP contribution is -2.27. The number of benzene rings is 1. The van der Waals surface area contributed by atoms with E-state index in [9.17, 15) is 0 Å². The van der Waals surface area contributed by atoms with Crippen molar-refractivity contribution in [2.24, 2.45) is 5.41 Å². The summed E-state index contributed by atoms with van der Waals surface area (Å²) >= 11 is 0. The zero-order valence-corrected chi connectivity index (χ0v) is 13.2. The second-order valence-corrected chi connectivity index (χ2v) is 6.76. The summed E-state index contributed by atoms with van der Waals surface area (Å²) in [7, 11) is 0. The molecule has 4 nitrogen and oxygen atoms in total. The molecule has 2 heterocycles. The van der Waals surface area contributed by atoms with E-state index in [-0.39, 0.29) is 0 Å². The minimum atomic E-state index is 0.323. The number of hydrogen-bond donors (Lipinski definition) is 0. The van der Waals surface area contributed by atoms with Crippen molar-refractivity contribution in [1.82, 2.24) is 19.7 Å². The molecule has 0 radical (unpaired) electrons. The van der Waals surface area contributed by atoms with Gasteiger partial charge in [0.2, 0.25) is 0 Å². The van der Waals surface area contributed by atoms with E-state index in [0.29, 0.717) is 11.3 Å². The Kier molecular flexibility index (Phi) is 3.81. The minimum absolute atomic E-state index is 0.323. The molecule has 0 unspecified atom stereocenters. The summed E-state index contributed by atoms with van der Waals surface area (Å²) in [6, 6.07) is 10.9. The smallest absolute Gasteiger partial charge is 0.129 e. The number of nitrogens with zero attached hydrogens (tertiary/aromatic N) is 4. The fourth-order valence-corrected chi connectivity index (χ4v) is 3.45. The molecule has 4 heteroatoms. The van der Waals surface area contributed by atoms with Gasteiger partial charge in [0, 0.05) is 32.1 Å². The summed E-state index contributed by atoms with van der Waals surface area (Å²) in [5.41, 5.74) is 1.79. The normalized spacial score (nSPS) is 21.8. The largest absolute Gasteiger partial charge is 0.317 e. The monoisotopic (exact) mass is 284 g/mol. The van der Waals surface area contributed by atoms with Crippen LogP contribution in [0.1, 0.15) is 31.2 Å². The molecule has 3 rings (SSSR count). The van der Waals surface area contributed by atoms with Crippen molar-refractivity contribution in [3.05, 3.63) is 48.0 Å². The zero-order valence-electron chi connectivity index (χ0n) is 13.2. The lowest BCUT2D eigenvalue weighted by Gasteiger charge is -2.26. The van der Waals surface area contributed by atoms with Crippen LogP contribution in [0.5, 0.6) is 0 Å². The van der Waals surface area contributed by atoms with E-state index in [1.165, 1.54) is 5.56 Å². The Hall–Kier alpha value is -1.68. The Balaban J connectivity index is 1.66. The number of likely N-dealkylation sites (tertiary alicyclic amines) is 1. The third-order valence-corrected chi connectivity index (χ3v) is 4.68. The van der Waals surface area contributed by atoms with E-state index in [1.807, 2.05) is 13.3 Å². The molecule has 1 aromatic heterocycles. The molecule has 2 aromatic rings. The van der Waals surface area contributed by atoms with Gasteiger partial charge < -0.3 is 9.47 Å². The summed E-state index contributed by atoms with van der Waals surface area (Å²) in [6.45, 7) is 11.1. The zero-order chi connectivity index (χ0) is 14.9. The SMILES string of the molecule is Cc1nncn1CCN1C[C@H](c2ccccc2)C(C)(C)C1. The van der Waals surface area contributed by atoms with Crippen molar-refractivity contribution in [1.29, 1.82) is 0 Å². The first-order chi connectivity index (χ1) is 10.1. The van der Waals surface area contributed by atoms with Gasteiger partial charge in [0.05, 0.1) is 0 Å². The number of hydrogen-bond acceptors (Lipinski definition) is 3. The molecule has 0 spiro atoms. The molecule has 0 N–H and O–H groups in total. The maximum atomic E-state index is 4.05. The summed E-state index contributed by atoms with van der Waals surface area (Å²) in [4.78, 5) is 2.57. The number of aromatic nitrogens is 3. The molecular weight excluding hydrogens is 260 g/mol. The van der Waals surface area contributed by atoms with Crippen LogP contribution in [0.4, 0.5) is 0 Å². The van der Waals surface area contributed by atoms with Gasteiger partial charge in [-0.05, 0) is 17.9 Å². The lowest BCUT2D eigenvalue weighted by molar-refractivity contribution is 0.278. The average Bonchev–Trinajstić information content (AvgIpc) is 3.00.